The fourth-order valence-electron chi connectivity index (χ4n) is 6.04. The van der Waals surface area contributed by atoms with Gasteiger partial charge in [-0.05, 0) is 73.0 Å². The van der Waals surface area contributed by atoms with Gasteiger partial charge in [0.15, 0.2) is 0 Å². The molecule has 25 heavy (non-hydrogen) atoms. The maximum absolute atomic E-state index is 5.98. The van der Waals surface area contributed by atoms with E-state index in [1.807, 2.05) is 0 Å². The Morgan fingerprint density at radius 1 is 0.920 bits per heavy atom. The van der Waals surface area contributed by atoms with Gasteiger partial charge in [0.1, 0.15) is 0 Å². The second kappa shape index (κ2) is 8.58. The summed E-state index contributed by atoms with van der Waals surface area (Å²) < 4.78 is 0. The SMILES string of the molecule is CCC(CC)(c1cccc(NN)c1C1CCCCC1)C1CCCCC1. The Morgan fingerprint density at radius 3 is 2.08 bits per heavy atom. The number of nitrogens with two attached hydrogens (primary N) is 1. The summed E-state index contributed by atoms with van der Waals surface area (Å²) in [5.74, 6) is 7.51. The highest BCUT2D eigenvalue weighted by Crippen LogP contribution is 2.50. The Bertz CT molecular complexity index is 535. The Balaban J connectivity index is 2.08. The minimum atomic E-state index is 0.333. The molecule has 0 unspecified atom stereocenters. The van der Waals surface area contributed by atoms with Crippen molar-refractivity contribution in [1.29, 1.82) is 0 Å². The van der Waals surface area contributed by atoms with E-state index in [0.29, 0.717) is 11.3 Å². The maximum Gasteiger partial charge on any atom is 0.0522 e. The zero-order valence-electron chi connectivity index (χ0n) is 16.4. The maximum atomic E-state index is 5.98. The van der Waals surface area contributed by atoms with Crippen LogP contribution in [0.5, 0.6) is 0 Å². The molecule has 2 nitrogen and oxygen atoms in total. The summed E-state index contributed by atoms with van der Waals surface area (Å²) in [6, 6.07) is 6.89. The van der Waals surface area contributed by atoms with E-state index in [1.54, 1.807) is 11.1 Å². The van der Waals surface area contributed by atoms with E-state index < -0.39 is 0 Å². The molecule has 0 spiro atoms. The largest absolute Gasteiger partial charge is 0.324 e. The van der Waals surface area contributed by atoms with E-state index in [1.165, 1.54) is 82.7 Å². The highest BCUT2D eigenvalue weighted by Gasteiger charge is 2.40. The number of hydrazine groups is 1. The van der Waals surface area contributed by atoms with E-state index >= 15 is 0 Å². The van der Waals surface area contributed by atoms with Crippen LogP contribution >= 0.6 is 0 Å². The molecule has 0 saturated heterocycles. The fraction of sp³-hybridized carbons (Fsp3) is 0.739. The Labute approximate surface area is 154 Å². The normalized spacial score (nSPS) is 20.6. The number of anilines is 1. The molecule has 1 aromatic carbocycles. The first-order valence-corrected chi connectivity index (χ1v) is 10.9. The van der Waals surface area contributed by atoms with Crippen LogP contribution in [0.3, 0.4) is 0 Å². The summed E-state index contributed by atoms with van der Waals surface area (Å²) in [4.78, 5) is 0. The van der Waals surface area contributed by atoms with E-state index in [2.05, 4.69) is 37.5 Å². The van der Waals surface area contributed by atoms with Crippen LogP contribution in [0.4, 0.5) is 5.69 Å². The van der Waals surface area contributed by atoms with E-state index in [9.17, 15) is 0 Å². The molecule has 0 aromatic heterocycles. The van der Waals surface area contributed by atoms with Crippen molar-refractivity contribution in [3.8, 4) is 0 Å². The Kier molecular flexibility index (Phi) is 6.44. The van der Waals surface area contributed by atoms with Crippen molar-refractivity contribution in [2.24, 2.45) is 11.8 Å². The standard InChI is InChI=1S/C23H38N2/c1-3-23(4-2,19-14-9-6-10-15-19)20-16-11-17-21(25-24)22(20)18-12-7-5-8-13-18/h11,16-19,25H,3-10,12-15,24H2,1-2H3. The number of hydrogen-bond acceptors (Lipinski definition) is 2. The van der Waals surface area contributed by atoms with E-state index in [-0.39, 0.29) is 0 Å². The average molecular weight is 343 g/mol. The van der Waals surface area contributed by atoms with Crippen LogP contribution in [0.25, 0.3) is 0 Å². The van der Waals surface area contributed by atoms with Crippen molar-refractivity contribution in [3.05, 3.63) is 29.3 Å². The van der Waals surface area contributed by atoms with Gasteiger partial charge in [0, 0.05) is 0 Å². The van der Waals surface area contributed by atoms with Crippen molar-refractivity contribution in [2.45, 2.75) is 102 Å². The molecule has 0 aliphatic heterocycles. The lowest BCUT2D eigenvalue weighted by atomic mass is 9.60. The van der Waals surface area contributed by atoms with Crippen LogP contribution in [0.2, 0.25) is 0 Å². The monoisotopic (exact) mass is 342 g/mol. The molecule has 3 rings (SSSR count). The smallest absolute Gasteiger partial charge is 0.0522 e. The molecule has 1 aromatic rings. The predicted molar refractivity (Wildman–Crippen MR) is 109 cm³/mol. The van der Waals surface area contributed by atoms with Crippen LogP contribution < -0.4 is 11.3 Å². The number of rotatable bonds is 6. The number of benzene rings is 1. The molecule has 2 heteroatoms. The van der Waals surface area contributed by atoms with Crippen LogP contribution in [0.1, 0.15) is 108 Å². The first-order valence-electron chi connectivity index (χ1n) is 10.9. The quantitative estimate of drug-likeness (QED) is 0.448. The van der Waals surface area contributed by atoms with Crippen molar-refractivity contribution in [2.75, 3.05) is 5.43 Å². The molecule has 0 heterocycles. The van der Waals surface area contributed by atoms with Gasteiger partial charge in [-0.15, -0.1) is 0 Å². The van der Waals surface area contributed by atoms with Gasteiger partial charge in [0.2, 0.25) is 0 Å². The molecule has 0 amide bonds. The average Bonchev–Trinajstić information content (AvgIpc) is 2.70. The topological polar surface area (TPSA) is 38.0 Å². The number of hydrogen-bond donors (Lipinski definition) is 2. The Hall–Kier alpha value is -1.02. The van der Waals surface area contributed by atoms with Gasteiger partial charge in [-0.25, -0.2) is 0 Å². The first-order chi connectivity index (χ1) is 12.3. The second-order valence-corrected chi connectivity index (χ2v) is 8.44. The number of nitrogen functional groups attached to an aromatic ring is 1. The lowest BCUT2D eigenvalue weighted by Crippen LogP contribution is -2.37. The molecule has 2 saturated carbocycles. The highest BCUT2D eigenvalue weighted by atomic mass is 15.2. The summed E-state index contributed by atoms with van der Waals surface area (Å²) in [6.45, 7) is 4.84. The molecular weight excluding hydrogens is 304 g/mol. The summed E-state index contributed by atoms with van der Waals surface area (Å²) in [5, 5.41) is 0. The predicted octanol–water partition coefficient (Wildman–Crippen LogP) is 6.66. The summed E-state index contributed by atoms with van der Waals surface area (Å²) in [7, 11) is 0. The van der Waals surface area contributed by atoms with Gasteiger partial charge in [0.05, 0.1) is 5.69 Å². The van der Waals surface area contributed by atoms with Gasteiger partial charge < -0.3 is 5.43 Å². The fourth-order valence-corrected chi connectivity index (χ4v) is 6.04. The summed E-state index contributed by atoms with van der Waals surface area (Å²) >= 11 is 0. The highest BCUT2D eigenvalue weighted by molar-refractivity contribution is 5.58. The Morgan fingerprint density at radius 2 is 1.52 bits per heavy atom. The number of nitrogens with one attached hydrogen (secondary N) is 1. The molecule has 2 aliphatic rings. The molecule has 0 atom stereocenters. The van der Waals surface area contributed by atoms with Gasteiger partial charge in [-0.1, -0.05) is 64.5 Å². The zero-order chi connectivity index (χ0) is 17.7. The third-order valence-corrected chi connectivity index (χ3v) is 7.46. The molecule has 0 bridgehead atoms. The molecular formula is C23H38N2. The van der Waals surface area contributed by atoms with Crippen LogP contribution in [0.15, 0.2) is 18.2 Å². The van der Waals surface area contributed by atoms with E-state index in [4.69, 9.17) is 5.84 Å². The summed E-state index contributed by atoms with van der Waals surface area (Å²) in [5.41, 5.74) is 7.78. The summed E-state index contributed by atoms with van der Waals surface area (Å²) in [6.07, 6.45) is 16.4. The third-order valence-electron chi connectivity index (χ3n) is 7.46. The van der Waals surface area contributed by atoms with Crippen molar-refractivity contribution in [1.82, 2.24) is 0 Å². The van der Waals surface area contributed by atoms with Crippen molar-refractivity contribution in [3.63, 3.8) is 0 Å². The minimum absolute atomic E-state index is 0.333. The lowest BCUT2D eigenvalue weighted by Gasteiger charge is -2.45. The lowest BCUT2D eigenvalue weighted by molar-refractivity contribution is 0.185. The van der Waals surface area contributed by atoms with Gasteiger partial charge in [-0.3, -0.25) is 5.84 Å². The zero-order valence-corrected chi connectivity index (χ0v) is 16.4. The minimum Gasteiger partial charge on any atom is -0.324 e. The van der Waals surface area contributed by atoms with Gasteiger partial charge in [0.25, 0.3) is 0 Å². The van der Waals surface area contributed by atoms with Crippen molar-refractivity contribution >= 4 is 5.69 Å². The second-order valence-electron chi connectivity index (χ2n) is 8.44. The van der Waals surface area contributed by atoms with Crippen LogP contribution in [0, 0.1) is 5.92 Å². The van der Waals surface area contributed by atoms with Gasteiger partial charge >= 0.3 is 0 Å². The molecule has 2 aliphatic carbocycles. The van der Waals surface area contributed by atoms with Crippen LogP contribution in [-0.4, -0.2) is 0 Å². The molecule has 3 N–H and O–H groups in total. The molecule has 140 valence electrons. The van der Waals surface area contributed by atoms with Crippen molar-refractivity contribution < 1.29 is 0 Å². The third kappa shape index (κ3) is 3.60. The van der Waals surface area contributed by atoms with Crippen LogP contribution in [-0.2, 0) is 5.41 Å². The first kappa shape index (κ1) is 18.8. The molecule has 2 fully saturated rings. The molecule has 0 radical (unpaired) electrons. The van der Waals surface area contributed by atoms with E-state index in [0.717, 1.165) is 5.92 Å². The van der Waals surface area contributed by atoms with Gasteiger partial charge in [-0.2, -0.15) is 0 Å².